The number of aliphatic hydroxyl groups is 1. The number of nitrogens with zero attached hydrogens (tertiary/aromatic N) is 3. The largest absolute Gasteiger partial charge is 0.388 e. The zero-order valence-electron chi connectivity index (χ0n) is 13.0. The second-order valence-corrected chi connectivity index (χ2v) is 5.34. The summed E-state index contributed by atoms with van der Waals surface area (Å²) in [5.41, 5.74) is 2.02. The van der Waals surface area contributed by atoms with Crippen LogP contribution in [0.3, 0.4) is 0 Å². The number of aliphatic hydroxyl groups excluding tert-OH is 1. The first-order valence-electron chi connectivity index (χ1n) is 7.72. The van der Waals surface area contributed by atoms with Crippen molar-refractivity contribution in [3.63, 3.8) is 0 Å². The second kappa shape index (κ2) is 7.52. The molecule has 24 heavy (non-hydrogen) atoms. The van der Waals surface area contributed by atoms with Crippen LogP contribution in [0.4, 0.5) is 0 Å². The molecule has 1 amide bonds. The normalized spacial score (nSPS) is 11.9. The van der Waals surface area contributed by atoms with Gasteiger partial charge in [-0.2, -0.15) is 0 Å². The molecule has 1 aromatic heterocycles. The van der Waals surface area contributed by atoms with Crippen molar-refractivity contribution in [1.29, 1.82) is 0 Å². The van der Waals surface area contributed by atoms with Gasteiger partial charge in [0.1, 0.15) is 0 Å². The lowest BCUT2D eigenvalue weighted by Crippen LogP contribution is -2.26. The Morgan fingerprint density at radius 1 is 1.12 bits per heavy atom. The zero-order chi connectivity index (χ0) is 16.8. The van der Waals surface area contributed by atoms with Gasteiger partial charge in [0.05, 0.1) is 29.7 Å². The first kappa shape index (κ1) is 15.9. The Hall–Kier alpha value is -2.99. The molecule has 6 nitrogen and oxygen atoms in total. The van der Waals surface area contributed by atoms with Crippen molar-refractivity contribution >= 4 is 5.91 Å². The molecule has 0 radical (unpaired) electrons. The van der Waals surface area contributed by atoms with Crippen LogP contribution < -0.4 is 5.32 Å². The average molecular weight is 322 g/mol. The maximum Gasteiger partial charge on any atom is 0.253 e. The first-order valence-corrected chi connectivity index (χ1v) is 7.72. The van der Waals surface area contributed by atoms with Crippen molar-refractivity contribution in [3.8, 4) is 5.69 Å². The standard InChI is InChI=1S/C18H18N4O2/c23-17(14-6-2-1-3-7-14)10-11-19-18(24)15-8-4-5-9-16(15)22-13-12-20-21-22/h1-9,12-13,17,23H,10-11H2,(H,19,24)/t17-/m1/s1. The Balaban J connectivity index is 1.62. The van der Waals surface area contributed by atoms with Gasteiger partial charge in [-0.25, -0.2) is 4.68 Å². The molecule has 0 saturated carbocycles. The van der Waals surface area contributed by atoms with Gasteiger partial charge in [0, 0.05) is 6.54 Å². The Bertz CT molecular complexity index is 788. The fourth-order valence-corrected chi connectivity index (χ4v) is 2.46. The third-order valence-electron chi connectivity index (χ3n) is 3.71. The highest BCUT2D eigenvalue weighted by Gasteiger charge is 2.13. The van der Waals surface area contributed by atoms with Gasteiger partial charge in [-0.15, -0.1) is 5.10 Å². The molecule has 0 spiro atoms. The quantitative estimate of drug-likeness (QED) is 0.728. The summed E-state index contributed by atoms with van der Waals surface area (Å²) < 4.78 is 1.55. The van der Waals surface area contributed by atoms with E-state index in [1.54, 1.807) is 29.2 Å². The summed E-state index contributed by atoms with van der Waals surface area (Å²) in [6.07, 6.45) is 3.09. The number of amides is 1. The second-order valence-electron chi connectivity index (χ2n) is 5.34. The van der Waals surface area contributed by atoms with Crippen LogP contribution >= 0.6 is 0 Å². The van der Waals surface area contributed by atoms with Gasteiger partial charge >= 0.3 is 0 Å². The van der Waals surface area contributed by atoms with Crippen molar-refractivity contribution in [2.24, 2.45) is 0 Å². The van der Waals surface area contributed by atoms with Crippen molar-refractivity contribution in [1.82, 2.24) is 20.3 Å². The van der Waals surface area contributed by atoms with E-state index in [4.69, 9.17) is 0 Å². The molecule has 0 aliphatic rings. The molecule has 122 valence electrons. The predicted molar refractivity (Wildman–Crippen MR) is 89.7 cm³/mol. The number of hydrogen-bond donors (Lipinski definition) is 2. The van der Waals surface area contributed by atoms with E-state index in [1.807, 2.05) is 42.5 Å². The molecule has 1 heterocycles. The first-order chi connectivity index (χ1) is 11.8. The minimum absolute atomic E-state index is 0.207. The van der Waals surface area contributed by atoms with E-state index in [2.05, 4.69) is 15.6 Å². The molecular weight excluding hydrogens is 304 g/mol. The highest BCUT2D eigenvalue weighted by Crippen LogP contribution is 2.16. The summed E-state index contributed by atoms with van der Waals surface area (Å²) in [6.45, 7) is 0.376. The van der Waals surface area contributed by atoms with E-state index in [9.17, 15) is 9.90 Å². The minimum atomic E-state index is -0.600. The lowest BCUT2D eigenvalue weighted by Gasteiger charge is -2.13. The molecule has 3 aromatic rings. The van der Waals surface area contributed by atoms with Gasteiger partial charge in [-0.1, -0.05) is 47.7 Å². The van der Waals surface area contributed by atoms with Crippen LogP contribution in [0, 0.1) is 0 Å². The van der Waals surface area contributed by atoms with Gasteiger partial charge in [-0.3, -0.25) is 4.79 Å². The lowest BCUT2D eigenvalue weighted by atomic mass is 10.1. The zero-order valence-corrected chi connectivity index (χ0v) is 13.0. The van der Waals surface area contributed by atoms with Crippen LogP contribution in [-0.4, -0.2) is 32.6 Å². The maximum atomic E-state index is 12.4. The minimum Gasteiger partial charge on any atom is -0.388 e. The molecule has 0 aliphatic heterocycles. The molecule has 0 saturated heterocycles. The highest BCUT2D eigenvalue weighted by molar-refractivity contribution is 5.97. The van der Waals surface area contributed by atoms with Crippen LogP contribution in [0.1, 0.15) is 28.4 Å². The third kappa shape index (κ3) is 3.67. The van der Waals surface area contributed by atoms with Crippen LogP contribution in [-0.2, 0) is 0 Å². The number of nitrogens with one attached hydrogen (secondary N) is 1. The number of benzene rings is 2. The SMILES string of the molecule is O=C(NCC[C@@H](O)c1ccccc1)c1ccccc1-n1ccnn1. The van der Waals surface area contributed by atoms with Gasteiger partial charge < -0.3 is 10.4 Å². The fraction of sp³-hybridized carbons (Fsp3) is 0.167. The molecule has 0 bridgehead atoms. The monoisotopic (exact) mass is 322 g/mol. The van der Waals surface area contributed by atoms with Gasteiger partial charge in [0.15, 0.2) is 0 Å². The molecule has 1 atom stereocenters. The Morgan fingerprint density at radius 2 is 1.88 bits per heavy atom. The van der Waals surface area contributed by atoms with E-state index in [1.165, 1.54) is 0 Å². The highest BCUT2D eigenvalue weighted by atomic mass is 16.3. The van der Waals surface area contributed by atoms with Crippen molar-refractivity contribution in [2.75, 3.05) is 6.54 Å². The summed E-state index contributed by atoms with van der Waals surface area (Å²) in [4.78, 5) is 12.4. The fourth-order valence-electron chi connectivity index (χ4n) is 2.46. The molecule has 6 heteroatoms. The summed E-state index contributed by atoms with van der Waals surface area (Å²) in [6, 6.07) is 16.6. The van der Waals surface area contributed by atoms with Gasteiger partial charge in [0.2, 0.25) is 0 Å². The number of rotatable bonds is 6. The van der Waals surface area contributed by atoms with Crippen LogP contribution in [0.2, 0.25) is 0 Å². The Morgan fingerprint density at radius 3 is 2.62 bits per heavy atom. The van der Waals surface area contributed by atoms with E-state index >= 15 is 0 Å². The predicted octanol–water partition coefficient (Wildman–Crippen LogP) is 2.12. The maximum absolute atomic E-state index is 12.4. The van der Waals surface area contributed by atoms with Crippen LogP contribution in [0.25, 0.3) is 5.69 Å². The van der Waals surface area contributed by atoms with E-state index in [0.717, 1.165) is 5.56 Å². The third-order valence-corrected chi connectivity index (χ3v) is 3.71. The Labute approximate surface area is 139 Å². The van der Waals surface area contributed by atoms with E-state index in [0.29, 0.717) is 24.2 Å². The molecular formula is C18H18N4O2. The van der Waals surface area contributed by atoms with Crippen LogP contribution in [0.5, 0.6) is 0 Å². The number of aromatic nitrogens is 3. The van der Waals surface area contributed by atoms with Crippen molar-refractivity contribution in [2.45, 2.75) is 12.5 Å². The summed E-state index contributed by atoms with van der Waals surface area (Å²) in [5.74, 6) is -0.207. The number of carbonyl (C=O) groups excluding carboxylic acids is 1. The Kier molecular flexibility index (Phi) is 4.98. The number of carbonyl (C=O) groups is 1. The molecule has 0 fully saturated rings. The van der Waals surface area contributed by atoms with E-state index < -0.39 is 6.10 Å². The molecule has 0 aliphatic carbocycles. The number of hydrogen-bond acceptors (Lipinski definition) is 4. The average Bonchev–Trinajstić information content (AvgIpc) is 3.17. The van der Waals surface area contributed by atoms with Crippen molar-refractivity contribution < 1.29 is 9.90 Å². The number of para-hydroxylation sites is 1. The van der Waals surface area contributed by atoms with Crippen LogP contribution in [0.15, 0.2) is 67.0 Å². The van der Waals surface area contributed by atoms with E-state index in [-0.39, 0.29) is 5.91 Å². The topological polar surface area (TPSA) is 80.0 Å². The van der Waals surface area contributed by atoms with Crippen molar-refractivity contribution in [3.05, 3.63) is 78.1 Å². The van der Waals surface area contributed by atoms with Gasteiger partial charge in [-0.05, 0) is 24.1 Å². The lowest BCUT2D eigenvalue weighted by molar-refractivity contribution is 0.0942. The summed E-state index contributed by atoms with van der Waals surface area (Å²) in [7, 11) is 0. The molecule has 2 N–H and O–H groups in total. The molecule has 0 unspecified atom stereocenters. The van der Waals surface area contributed by atoms with Gasteiger partial charge in [0.25, 0.3) is 5.91 Å². The smallest absolute Gasteiger partial charge is 0.253 e. The summed E-state index contributed by atoms with van der Waals surface area (Å²) >= 11 is 0. The molecule has 2 aromatic carbocycles. The summed E-state index contributed by atoms with van der Waals surface area (Å²) in [5, 5.41) is 20.7. The molecule has 3 rings (SSSR count).